The third kappa shape index (κ3) is 2.52. The number of rotatable bonds is 3. The Balaban J connectivity index is 1.76. The fourth-order valence-electron chi connectivity index (χ4n) is 2.38. The molecule has 18 heavy (non-hydrogen) atoms. The van der Waals surface area contributed by atoms with Crippen molar-refractivity contribution in [3.05, 3.63) is 50.6 Å². The lowest BCUT2D eigenvalue weighted by atomic mass is 9.91. The van der Waals surface area contributed by atoms with Crippen molar-refractivity contribution in [1.82, 2.24) is 0 Å². The average molecular weight is 340 g/mol. The summed E-state index contributed by atoms with van der Waals surface area (Å²) < 4.78 is 1.19. The fraction of sp³-hybridized carbons (Fsp3) is 0.286. The van der Waals surface area contributed by atoms with Gasteiger partial charge in [-0.3, -0.25) is 0 Å². The molecule has 0 spiro atoms. The molecule has 2 heterocycles. The molecule has 3 rings (SSSR count). The van der Waals surface area contributed by atoms with Crippen LogP contribution >= 0.6 is 39.0 Å². The number of benzene rings is 1. The van der Waals surface area contributed by atoms with Crippen molar-refractivity contribution >= 4 is 39.0 Å². The number of halogens is 1. The molecular formula is C14H14BrNS2. The summed E-state index contributed by atoms with van der Waals surface area (Å²) in [7, 11) is 0. The number of fused-ring (bicyclic) bond motifs is 1. The molecule has 2 unspecified atom stereocenters. The highest BCUT2D eigenvalue weighted by molar-refractivity contribution is 9.11. The normalized spacial score (nSPS) is 19.8. The Bertz CT molecular complexity index is 552. The van der Waals surface area contributed by atoms with E-state index in [0.717, 1.165) is 12.2 Å². The summed E-state index contributed by atoms with van der Waals surface area (Å²) in [4.78, 5) is 2.77. The zero-order valence-corrected chi connectivity index (χ0v) is 13.0. The van der Waals surface area contributed by atoms with Crippen molar-refractivity contribution in [3.8, 4) is 0 Å². The molecule has 0 fully saturated rings. The summed E-state index contributed by atoms with van der Waals surface area (Å²) in [5.41, 5.74) is 7.85. The van der Waals surface area contributed by atoms with Crippen LogP contribution in [0.2, 0.25) is 0 Å². The Kier molecular flexibility index (Phi) is 3.80. The van der Waals surface area contributed by atoms with Crippen LogP contribution in [-0.2, 0) is 6.42 Å². The van der Waals surface area contributed by atoms with Gasteiger partial charge in [0, 0.05) is 27.5 Å². The molecule has 2 N–H and O–H groups in total. The molecule has 1 aliphatic rings. The molecule has 2 atom stereocenters. The maximum absolute atomic E-state index is 6.41. The van der Waals surface area contributed by atoms with Gasteiger partial charge in [-0.1, -0.05) is 18.2 Å². The third-order valence-electron chi connectivity index (χ3n) is 3.32. The lowest BCUT2D eigenvalue weighted by molar-refractivity contribution is 0.576. The summed E-state index contributed by atoms with van der Waals surface area (Å²) in [6.07, 6.45) is 0.968. The van der Waals surface area contributed by atoms with Gasteiger partial charge in [-0.25, -0.2) is 0 Å². The van der Waals surface area contributed by atoms with E-state index in [4.69, 9.17) is 5.73 Å². The number of hydrogen-bond acceptors (Lipinski definition) is 3. The van der Waals surface area contributed by atoms with E-state index < -0.39 is 0 Å². The zero-order chi connectivity index (χ0) is 12.5. The highest BCUT2D eigenvalue weighted by Crippen LogP contribution is 2.41. The Hall–Kier alpha value is -0.290. The number of nitrogens with two attached hydrogens (primary N) is 1. The van der Waals surface area contributed by atoms with Crippen LogP contribution < -0.4 is 5.73 Å². The summed E-state index contributed by atoms with van der Waals surface area (Å²) in [5, 5.41) is 0. The summed E-state index contributed by atoms with van der Waals surface area (Å²) in [6, 6.07) is 13.1. The molecule has 2 aromatic rings. The first-order valence-corrected chi connectivity index (χ1v) is 8.55. The molecule has 0 amide bonds. The molecule has 0 saturated heterocycles. The molecule has 0 bridgehead atoms. The first kappa shape index (κ1) is 12.7. The van der Waals surface area contributed by atoms with Crippen LogP contribution in [0.25, 0.3) is 0 Å². The van der Waals surface area contributed by atoms with E-state index >= 15 is 0 Å². The maximum atomic E-state index is 6.41. The van der Waals surface area contributed by atoms with Crippen molar-refractivity contribution < 1.29 is 0 Å². The molecule has 4 heteroatoms. The second-order valence-electron chi connectivity index (χ2n) is 4.53. The standard InChI is InChI=1S/C14H14BrNS2/c15-14-6-5-9(18-14)7-12(16)11-8-17-13-4-2-1-3-10(11)13/h1-6,11-12H,7-8,16H2. The first-order chi connectivity index (χ1) is 8.74. The molecule has 0 saturated carbocycles. The van der Waals surface area contributed by atoms with E-state index in [-0.39, 0.29) is 6.04 Å². The smallest absolute Gasteiger partial charge is 0.0701 e. The second-order valence-corrected chi connectivity index (χ2v) is 8.14. The minimum absolute atomic E-state index is 0.215. The van der Waals surface area contributed by atoms with E-state index in [9.17, 15) is 0 Å². The lowest BCUT2D eigenvalue weighted by Crippen LogP contribution is -2.30. The minimum Gasteiger partial charge on any atom is -0.327 e. The molecule has 1 aliphatic heterocycles. The van der Waals surface area contributed by atoms with Crippen molar-refractivity contribution in [2.24, 2.45) is 5.73 Å². The average Bonchev–Trinajstić information content (AvgIpc) is 2.95. The van der Waals surface area contributed by atoms with Crippen molar-refractivity contribution in [2.45, 2.75) is 23.3 Å². The largest absolute Gasteiger partial charge is 0.327 e. The van der Waals surface area contributed by atoms with E-state index in [1.807, 2.05) is 11.8 Å². The van der Waals surface area contributed by atoms with E-state index in [2.05, 4.69) is 52.3 Å². The first-order valence-electron chi connectivity index (χ1n) is 5.95. The zero-order valence-electron chi connectivity index (χ0n) is 9.80. The van der Waals surface area contributed by atoms with E-state index in [0.29, 0.717) is 5.92 Å². The molecular weight excluding hydrogens is 326 g/mol. The SMILES string of the molecule is NC(Cc1ccc(Br)s1)C1CSc2ccccc21. The predicted octanol–water partition coefficient (Wildman–Crippen LogP) is 4.27. The van der Waals surface area contributed by atoms with Gasteiger partial charge in [-0.05, 0) is 46.1 Å². The molecule has 0 aliphatic carbocycles. The van der Waals surface area contributed by atoms with Crippen LogP contribution in [0, 0.1) is 0 Å². The lowest BCUT2D eigenvalue weighted by Gasteiger charge is -2.18. The quantitative estimate of drug-likeness (QED) is 0.903. The van der Waals surface area contributed by atoms with Crippen molar-refractivity contribution in [3.63, 3.8) is 0 Å². The van der Waals surface area contributed by atoms with Crippen LogP contribution in [0.4, 0.5) is 0 Å². The van der Waals surface area contributed by atoms with E-state index in [1.54, 1.807) is 11.3 Å². The molecule has 0 radical (unpaired) electrons. The second kappa shape index (κ2) is 5.37. The molecule has 94 valence electrons. The minimum atomic E-state index is 0.215. The maximum Gasteiger partial charge on any atom is 0.0701 e. The van der Waals surface area contributed by atoms with E-state index in [1.165, 1.54) is 19.1 Å². The molecule has 1 nitrogen and oxygen atoms in total. The van der Waals surface area contributed by atoms with Gasteiger partial charge in [0.05, 0.1) is 3.79 Å². The van der Waals surface area contributed by atoms with Gasteiger partial charge >= 0.3 is 0 Å². The Labute approximate surface area is 124 Å². The molecule has 1 aromatic carbocycles. The van der Waals surface area contributed by atoms with Crippen LogP contribution in [0.3, 0.4) is 0 Å². The van der Waals surface area contributed by atoms with Crippen LogP contribution in [0.5, 0.6) is 0 Å². The van der Waals surface area contributed by atoms with Gasteiger partial charge in [0.25, 0.3) is 0 Å². The van der Waals surface area contributed by atoms with Gasteiger partial charge in [-0.15, -0.1) is 23.1 Å². The van der Waals surface area contributed by atoms with Gasteiger partial charge in [0.2, 0.25) is 0 Å². The van der Waals surface area contributed by atoms with Gasteiger partial charge < -0.3 is 5.73 Å². The highest BCUT2D eigenvalue weighted by atomic mass is 79.9. The highest BCUT2D eigenvalue weighted by Gasteiger charge is 2.28. The van der Waals surface area contributed by atoms with Crippen LogP contribution in [-0.4, -0.2) is 11.8 Å². The summed E-state index contributed by atoms with van der Waals surface area (Å²) in [6.45, 7) is 0. The Morgan fingerprint density at radius 1 is 1.28 bits per heavy atom. The Morgan fingerprint density at radius 2 is 2.11 bits per heavy atom. The monoisotopic (exact) mass is 339 g/mol. The molecule has 1 aromatic heterocycles. The van der Waals surface area contributed by atoms with Crippen molar-refractivity contribution in [2.75, 3.05) is 5.75 Å². The predicted molar refractivity (Wildman–Crippen MR) is 83.6 cm³/mol. The van der Waals surface area contributed by atoms with Gasteiger partial charge in [0.1, 0.15) is 0 Å². The van der Waals surface area contributed by atoms with Gasteiger partial charge in [0.15, 0.2) is 0 Å². The number of hydrogen-bond donors (Lipinski definition) is 1. The van der Waals surface area contributed by atoms with Crippen LogP contribution in [0.1, 0.15) is 16.4 Å². The number of thioether (sulfide) groups is 1. The Morgan fingerprint density at radius 3 is 2.89 bits per heavy atom. The third-order valence-corrected chi connectivity index (χ3v) is 6.17. The fourth-order valence-corrected chi connectivity index (χ4v) is 5.28. The van der Waals surface area contributed by atoms with Crippen LogP contribution in [0.15, 0.2) is 45.1 Å². The summed E-state index contributed by atoms with van der Waals surface area (Å²) >= 11 is 7.23. The number of thiophene rings is 1. The van der Waals surface area contributed by atoms with Gasteiger partial charge in [-0.2, -0.15) is 0 Å². The summed E-state index contributed by atoms with van der Waals surface area (Å²) in [5.74, 6) is 1.61. The topological polar surface area (TPSA) is 26.0 Å². The van der Waals surface area contributed by atoms with Crippen molar-refractivity contribution in [1.29, 1.82) is 0 Å².